The van der Waals surface area contributed by atoms with Crippen LogP contribution in [0.2, 0.25) is 0 Å². The van der Waals surface area contributed by atoms with Gasteiger partial charge in [-0.2, -0.15) is 0 Å². The van der Waals surface area contributed by atoms with Crippen LogP contribution in [0.15, 0.2) is 73.1 Å². The van der Waals surface area contributed by atoms with Crippen molar-refractivity contribution < 1.29 is 4.79 Å². The van der Waals surface area contributed by atoms with E-state index >= 15 is 0 Å². The Morgan fingerprint density at radius 3 is 2.31 bits per heavy atom. The van der Waals surface area contributed by atoms with Crippen LogP contribution in [0.5, 0.6) is 0 Å². The summed E-state index contributed by atoms with van der Waals surface area (Å²) >= 11 is 0. The van der Waals surface area contributed by atoms with Crippen LogP contribution in [0.1, 0.15) is 23.2 Å². The average Bonchev–Trinajstić information content (AvgIpc) is 3.17. The number of nitrogens with zero attached hydrogens (tertiary/aromatic N) is 3. The second-order valence-corrected chi connectivity index (χ2v) is 6.87. The molecule has 4 rings (SSSR count). The van der Waals surface area contributed by atoms with Gasteiger partial charge in [-0.15, -0.1) is 0 Å². The number of rotatable bonds is 4. The van der Waals surface area contributed by atoms with Gasteiger partial charge < -0.3 is 9.47 Å². The van der Waals surface area contributed by atoms with Crippen molar-refractivity contribution in [1.29, 1.82) is 0 Å². The molecule has 4 heteroatoms. The third-order valence-corrected chi connectivity index (χ3v) is 5.12. The summed E-state index contributed by atoms with van der Waals surface area (Å²) in [6.45, 7) is 2.61. The fourth-order valence-electron chi connectivity index (χ4n) is 3.66. The molecule has 0 atom stereocenters. The fourth-order valence-corrected chi connectivity index (χ4v) is 3.66. The van der Waals surface area contributed by atoms with Gasteiger partial charge in [-0.1, -0.05) is 48.5 Å². The minimum Gasteiger partial charge on any atom is -0.339 e. The Balaban J connectivity index is 1.38. The normalized spacial score (nSPS) is 15.2. The minimum atomic E-state index is 0.150. The molecule has 0 saturated carbocycles. The predicted molar refractivity (Wildman–Crippen MR) is 103 cm³/mol. The van der Waals surface area contributed by atoms with Gasteiger partial charge in [0.15, 0.2) is 0 Å². The van der Waals surface area contributed by atoms with Gasteiger partial charge in [-0.25, -0.2) is 4.98 Å². The van der Waals surface area contributed by atoms with Crippen LogP contribution >= 0.6 is 0 Å². The van der Waals surface area contributed by atoms with Crippen molar-refractivity contribution >= 4 is 5.91 Å². The first-order valence-corrected chi connectivity index (χ1v) is 9.22. The molecule has 1 aromatic heterocycles. The van der Waals surface area contributed by atoms with Gasteiger partial charge in [-0.05, 0) is 30.9 Å². The van der Waals surface area contributed by atoms with E-state index in [0.29, 0.717) is 5.92 Å². The van der Waals surface area contributed by atoms with Crippen LogP contribution in [0, 0.1) is 5.92 Å². The summed E-state index contributed by atoms with van der Waals surface area (Å²) in [5, 5.41) is 0. The number of carbonyl (C=O) groups is 1. The Morgan fingerprint density at radius 1 is 0.962 bits per heavy atom. The van der Waals surface area contributed by atoms with E-state index in [0.717, 1.165) is 49.4 Å². The average molecular weight is 345 g/mol. The van der Waals surface area contributed by atoms with Crippen LogP contribution in [0.25, 0.3) is 11.4 Å². The maximum absolute atomic E-state index is 12.6. The maximum Gasteiger partial charge on any atom is 0.253 e. The number of benzene rings is 2. The van der Waals surface area contributed by atoms with Gasteiger partial charge >= 0.3 is 0 Å². The zero-order valence-electron chi connectivity index (χ0n) is 14.8. The van der Waals surface area contributed by atoms with Gasteiger partial charge in [0.1, 0.15) is 5.82 Å². The van der Waals surface area contributed by atoms with E-state index in [2.05, 4.69) is 27.9 Å². The van der Waals surface area contributed by atoms with Crippen molar-refractivity contribution in [3.8, 4) is 11.4 Å². The highest BCUT2D eigenvalue weighted by Crippen LogP contribution is 2.24. The summed E-state index contributed by atoms with van der Waals surface area (Å²) in [5.41, 5.74) is 1.93. The van der Waals surface area contributed by atoms with Crippen molar-refractivity contribution in [3.05, 3.63) is 78.6 Å². The van der Waals surface area contributed by atoms with Crippen LogP contribution < -0.4 is 0 Å². The first-order chi connectivity index (χ1) is 12.8. The summed E-state index contributed by atoms with van der Waals surface area (Å²) in [6, 6.07) is 19.9. The van der Waals surface area contributed by atoms with E-state index in [4.69, 9.17) is 0 Å². The molecule has 4 nitrogen and oxygen atoms in total. The lowest BCUT2D eigenvalue weighted by Gasteiger charge is -2.32. The first-order valence-electron chi connectivity index (χ1n) is 9.22. The third kappa shape index (κ3) is 3.54. The second kappa shape index (κ2) is 7.56. The second-order valence-electron chi connectivity index (χ2n) is 6.87. The molecule has 1 saturated heterocycles. The topological polar surface area (TPSA) is 38.1 Å². The van der Waals surface area contributed by atoms with E-state index in [9.17, 15) is 4.79 Å². The lowest BCUT2D eigenvalue weighted by molar-refractivity contribution is 0.0683. The molecule has 2 heterocycles. The highest BCUT2D eigenvalue weighted by atomic mass is 16.2. The van der Waals surface area contributed by atoms with Gasteiger partial charge in [0.2, 0.25) is 0 Å². The number of hydrogen-bond donors (Lipinski definition) is 0. The van der Waals surface area contributed by atoms with E-state index in [1.165, 1.54) is 0 Å². The van der Waals surface area contributed by atoms with Crippen molar-refractivity contribution in [2.75, 3.05) is 13.1 Å². The van der Waals surface area contributed by atoms with Crippen molar-refractivity contribution in [1.82, 2.24) is 14.5 Å². The fraction of sp³-hybridized carbons (Fsp3) is 0.273. The van der Waals surface area contributed by atoms with Crippen molar-refractivity contribution in [3.63, 3.8) is 0 Å². The summed E-state index contributed by atoms with van der Waals surface area (Å²) in [4.78, 5) is 19.1. The molecule has 0 spiro atoms. The summed E-state index contributed by atoms with van der Waals surface area (Å²) in [7, 11) is 0. The molecule has 1 aliphatic rings. The molecular formula is C22H23N3O. The Morgan fingerprint density at radius 2 is 1.62 bits per heavy atom. The van der Waals surface area contributed by atoms with Crippen LogP contribution in [-0.2, 0) is 6.54 Å². The Labute approximate surface area is 154 Å². The van der Waals surface area contributed by atoms with E-state index in [1.54, 1.807) is 0 Å². The summed E-state index contributed by atoms with van der Waals surface area (Å²) in [5.74, 6) is 1.75. The largest absolute Gasteiger partial charge is 0.339 e. The van der Waals surface area contributed by atoms with Crippen LogP contribution in [0.3, 0.4) is 0 Å². The number of carbonyl (C=O) groups excluding carboxylic acids is 1. The van der Waals surface area contributed by atoms with Crippen LogP contribution in [-0.4, -0.2) is 33.4 Å². The van der Waals surface area contributed by atoms with E-state index in [1.807, 2.05) is 59.6 Å². The standard InChI is InChI=1S/C22H23N3O/c26-22(20-9-5-2-6-10-20)24-14-11-18(12-15-24)17-25-16-13-23-21(25)19-7-3-1-4-8-19/h1-10,13,16,18H,11-12,14-15,17H2. The highest BCUT2D eigenvalue weighted by Gasteiger charge is 2.24. The monoisotopic (exact) mass is 345 g/mol. The number of aromatic nitrogens is 2. The van der Waals surface area contributed by atoms with Gasteiger partial charge in [0.25, 0.3) is 5.91 Å². The van der Waals surface area contributed by atoms with Gasteiger partial charge in [0, 0.05) is 43.2 Å². The van der Waals surface area contributed by atoms with Gasteiger partial charge in [0.05, 0.1) is 0 Å². The molecule has 0 bridgehead atoms. The number of imidazole rings is 1. The van der Waals surface area contributed by atoms with Crippen LogP contribution in [0.4, 0.5) is 0 Å². The molecule has 0 aliphatic carbocycles. The molecule has 1 fully saturated rings. The maximum atomic E-state index is 12.6. The Bertz CT molecular complexity index is 849. The van der Waals surface area contributed by atoms with E-state index < -0.39 is 0 Å². The predicted octanol–water partition coefficient (Wildman–Crippen LogP) is 4.10. The molecule has 1 amide bonds. The molecule has 0 unspecified atom stereocenters. The minimum absolute atomic E-state index is 0.150. The lowest BCUT2D eigenvalue weighted by atomic mass is 9.96. The number of piperidine rings is 1. The smallest absolute Gasteiger partial charge is 0.253 e. The molecule has 3 aromatic rings. The molecule has 0 radical (unpaired) electrons. The Hall–Kier alpha value is -2.88. The van der Waals surface area contributed by atoms with E-state index in [-0.39, 0.29) is 5.91 Å². The first kappa shape index (κ1) is 16.6. The third-order valence-electron chi connectivity index (χ3n) is 5.12. The zero-order valence-corrected chi connectivity index (χ0v) is 14.8. The molecule has 0 N–H and O–H groups in total. The van der Waals surface area contributed by atoms with Gasteiger partial charge in [-0.3, -0.25) is 4.79 Å². The molecular weight excluding hydrogens is 322 g/mol. The lowest BCUT2D eigenvalue weighted by Crippen LogP contribution is -2.39. The molecule has 2 aromatic carbocycles. The SMILES string of the molecule is O=C(c1ccccc1)N1CCC(Cn2ccnc2-c2ccccc2)CC1. The number of hydrogen-bond acceptors (Lipinski definition) is 2. The van der Waals surface area contributed by atoms with Crippen molar-refractivity contribution in [2.24, 2.45) is 5.92 Å². The molecule has 132 valence electrons. The molecule has 26 heavy (non-hydrogen) atoms. The Kier molecular flexibility index (Phi) is 4.82. The summed E-state index contributed by atoms with van der Waals surface area (Å²) < 4.78 is 2.24. The number of amides is 1. The number of likely N-dealkylation sites (tertiary alicyclic amines) is 1. The van der Waals surface area contributed by atoms with Crippen molar-refractivity contribution in [2.45, 2.75) is 19.4 Å². The zero-order chi connectivity index (χ0) is 17.8. The molecule has 1 aliphatic heterocycles. The highest BCUT2D eigenvalue weighted by molar-refractivity contribution is 5.94. The quantitative estimate of drug-likeness (QED) is 0.714. The summed E-state index contributed by atoms with van der Waals surface area (Å²) in [6.07, 6.45) is 6.00.